The van der Waals surface area contributed by atoms with Gasteiger partial charge in [-0.1, -0.05) is 58.4 Å². The van der Waals surface area contributed by atoms with Gasteiger partial charge in [-0.15, -0.1) is 10.2 Å². The number of aromatic nitrogens is 5. The van der Waals surface area contributed by atoms with E-state index in [2.05, 4.69) is 49.8 Å². The molecule has 0 aliphatic rings. The van der Waals surface area contributed by atoms with Crippen molar-refractivity contribution in [2.75, 3.05) is 0 Å². The second kappa shape index (κ2) is 7.94. The summed E-state index contributed by atoms with van der Waals surface area (Å²) in [5.41, 5.74) is 6.62. The van der Waals surface area contributed by atoms with Crippen LogP contribution in [-0.2, 0) is 6.54 Å². The molecular weight excluding hydrogens is 478 g/mol. The highest BCUT2D eigenvalue weighted by molar-refractivity contribution is 9.10. The third kappa shape index (κ3) is 3.60. The molecule has 0 spiro atoms. The summed E-state index contributed by atoms with van der Waals surface area (Å²) >= 11 is 3.63. The lowest BCUT2D eigenvalue weighted by Gasteiger charge is -2.06. The molecule has 0 unspecified atom stereocenters. The van der Waals surface area contributed by atoms with Gasteiger partial charge < -0.3 is 8.98 Å². The maximum Gasteiger partial charge on any atom is 0.240 e. The van der Waals surface area contributed by atoms with Crippen LogP contribution in [0.1, 0.15) is 22.9 Å². The zero-order chi connectivity index (χ0) is 22.4. The fraction of sp³-hybridized carbons (Fsp3) is 0.0769. The Bertz CT molecular complexity index is 1670. The number of hydrogen-bond acceptors (Lipinski definition) is 5. The van der Waals surface area contributed by atoms with Gasteiger partial charge in [0.2, 0.25) is 11.8 Å². The third-order valence-corrected chi connectivity index (χ3v) is 6.05. The van der Waals surface area contributed by atoms with Crippen LogP contribution in [0, 0.1) is 6.92 Å². The van der Waals surface area contributed by atoms with Gasteiger partial charge in [-0.2, -0.15) is 0 Å². The van der Waals surface area contributed by atoms with E-state index >= 15 is 0 Å². The number of fused-ring (bicyclic) bond motifs is 4. The molecule has 0 atom stereocenters. The molecule has 0 fully saturated rings. The van der Waals surface area contributed by atoms with Crippen LogP contribution in [-0.4, -0.2) is 24.7 Å². The molecule has 3 aromatic heterocycles. The highest BCUT2D eigenvalue weighted by atomic mass is 79.9. The summed E-state index contributed by atoms with van der Waals surface area (Å²) in [5.74, 6) is 0.976. The van der Waals surface area contributed by atoms with Crippen molar-refractivity contribution in [3.63, 3.8) is 0 Å². The van der Waals surface area contributed by atoms with Gasteiger partial charge in [-0.25, -0.2) is 9.97 Å². The molecule has 0 radical (unpaired) electrons. The van der Waals surface area contributed by atoms with E-state index in [-0.39, 0.29) is 0 Å². The molecule has 0 saturated carbocycles. The first-order chi connectivity index (χ1) is 16.2. The molecule has 7 heteroatoms. The number of aryl methyl sites for hydroxylation is 1. The van der Waals surface area contributed by atoms with Crippen LogP contribution in [0.4, 0.5) is 0 Å². The third-order valence-electron chi connectivity index (χ3n) is 5.59. The van der Waals surface area contributed by atoms with Crippen molar-refractivity contribution in [3.05, 3.63) is 94.1 Å². The zero-order valence-electron chi connectivity index (χ0n) is 17.7. The maximum atomic E-state index is 5.94. The first-order valence-electron chi connectivity index (χ1n) is 10.6. The highest BCUT2D eigenvalue weighted by Gasteiger charge is 2.19. The largest absolute Gasteiger partial charge is 0.419 e. The van der Waals surface area contributed by atoms with Gasteiger partial charge in [-0.05, 0) is 48.4 Å². The van der Waals surface area contributed by atoms with Crippen LogP contribution in [0.5, 0.6) is 0 Å². The summed E-state index contributed by atoms with van der Waals surface area (Å²) < 4.78 is 9.06. The average molecular weight is 496 g/mol. The first-order valence-corrected chi connectivity index (χ1v) is 11.4. The Morgan fingerprint density at radius 3 is 2.48 bits per heavy atom. The summed E-state index contributed by atoms with van der Waals surface area (Å²) in [7, 11) is 0. The molecular formula is C26H18BrN5O. The van der Waals surface area contributed by atoms with Crippen molar-refractivity contribution in [2.24, 2.45) is 0 Å². The van der Waals surface area contributed by atoms with Crippen molar-refractivity contribution in [1.82, 2.24) is 24.7 Å². The Morgan fingerprint density at radius 1 is 0.909 bits per heavy atom. The Morgan fingerprint density at radius 2 is 1.67 bits per heavy atom. The molecule has 6 rings (SSSR count). The molecule has 0 bridgehead atoms. The van der Waals surface area contributed by atoms with Gasteiger partial charge >= 0.3 is 0 Å². The lowest BCUT2D eigenvalue weighted by Crippen LogP contribution is -2.02. The average Bonchev–Trinajstić information content (AvgIpc) is 3.40. The number of para-hydroxylation sites is 2. The van der Waals surface area contributed by atoms with E-state index in [0.717, 1.165) is 48.7 Å². The van der Waals surface area contributed by atoms with Gasteiger partial charge in [0, 0.05) is 15.9 Å². The fourth-order valence-electron chi connectivity index (χ4n) is 4.16. The number of hydrogen-bond donors (Lipinski definition) is 0. The lowest BCUT2D eigenvalue weighted by atomic mass is 10.1. The molecule has 0 saturated heterocycles. The maximum absolute atomic E-state index is 5.94. The monoisotopic (exact) mass is 495 g/mol. The Kier molecular flexibility index (Phi) is 4.77. The van der Waals surface area contributed by atoms with Crippen LogP contribution < -0.4 is 0 Å². The van der Waals surface area contributed by atoms with Gasteiger partial charge in [0.25, 0.3) is 0 Å². The van der Waals surface area contributed by atoms with Gasteiger partial charge in [0.05, 0.1) is 16.6 Å². The van der Waals surface area contributed by atoms with E-state index in [9.17, 15) is 0 Å². The molecule has 160 valence electrons. The second-order valence-corrected chi connectivity index (χ2v) is 8.78. The van der Waals surface area contributed by atoms with Crippen LogP contribution in [0.15, 0.2) is 75.6 Å². The minimum absolute atomic E-state index is 0.404. The quantitative estimate of drug-likeness (QED) is 0.282. The predicted octanol–water partition coefficient (Wildman–Crippen LogP) is 6.41. The van der Waals surface area contributed by atoms with E-state index in [1.165, 1.54) is 0 Å². The Labute approximate surface area is 197 Å². The van der Waals surface area contributed by atoms with Crippen LogP contribution >= 0.6 is 15.9 Å². The van der Waals surface area contributed by atoms with E-state index in [0.29, 0.717) is 18.3 Å². The van der Waals surface area contributed by atoms with Crippen LogP contribution in [0.3, 0.4) is 0 Å². The molecule has 0 N–H and O–H groups in total. The summed E-state index contributed by atoms with van der Waals surface area (Å²) in [6.07, 6.45) is 3.78. The zero-order valence-corrected chi connectivity index (χ0v) is 19.3. The second-order valence-electron chi connectivity index (χ2n) is 7.87. The van der Waals surface area contributed by atoms with Crippen molar-refractivity contribution >= 4 is 61.2 Å². The minimum Gasteiger partial charge on any atom is -0.419 e. The Balaban J connectivity index is 1.47. The number of rotatable bonds is 4. The molecule has 3 aromatic carbocycles. The van der Waals surface area contributed by atoms with Gasteiger partial charge in [-0.3, -0.25) is 0 Å². The predicted molar refractivity (Wildman–Crippen MR) is 134 cm³/mol. The Hall–Kier alpha value is -3.84. The fourth-order valence-corrected chi connectivity index (χ4v) is 4.73. The molecule has 0 aliphatic carbocycles. The van der Waals surface area contributed by atoms with Gasteiger partial charge in [0.15, 0.2) is 5.65 Å². The van der Waals surface area contributed by atoms with Crippen LogP contribution in [0.2, 0.25) is 0 Å². The molecule has 33 heavy (non-hydrogen) atoms. The normalized spacial score (nSPS) is 11.9. The van der Waals surface area contributed by atoms with Crippen LogP contribution in [0.25, 0.3) is 45.3 Å². The van der Waals surface area contributed by atoms with Crippen molar-refractivity contribution in [1.29, 1.82) is 0 Å². The first kappa shape index (κ1) is 19.8. The van der Waals surface area contributed by atoms with Crippen molar-refractivity contribution < 1.29 is 4.42 Å². The summed E-state index contributed by atoms with van der Waals surface area (Å²) in [6.45, 7) is 2.49. The van der Waals surface area contributed by atoms with E-state index < -0.39 is 0 Å². The highest BCUT2D eigenvalue weighted by Crippen LogP contribution is 2.33. The standard InChI is InChI=1S/C26H18BrN5O/c1-16-13-18(27)14-19-24-26(29-21-10-6-5-9-20(21)28-24)32(25(16)19)15-23-31-30-22(33-23)12-11-17-7-3-2-4-8-17/h2-14H,15H2,1H3/b12-11+. The molecule has 0 aliphatic heterocycles. The SMILES string of the molecule is Cc1cc(Br)cc2c3nc4ccccc4nc3n(Cc3nnc(/C=C/c4ccccc4)o3)c12. The number of benzene rings is 3. The van der Waals surface area contributed by atoms with E-state index in [1.807, 2.05) is 66.7 Å². The number of halogens is 1. The molecule has 6 aromatic rings. The van der Waals surface area contributed by atoms with E-state index in [1.54, 1.807) is 0 Å². The topological polar surface area (TPSA) is 69.6 Å². The summed E-state index contributed by atoms with van der Waals surface area (Å²) in [5, 5.41) is 9.52. The lowest BCUT2D eigenvalue weighted by molar-refractivity contribution is 0.475. The van der Waals surface area contributed by atoms with Crippen molar-refractivity contribution in [2.45, 2.75) is 13.5 Å². The summed E-state index contributed by atoms with van der Waals surface area (Å²) in [6, 6.07) is 22.1. The molecule has 3 heterocycles. The number of nitrogens with zero attached hydrogens (tertiary/aromatic N) is 5. The molecule has 0 amide bonds. The smallest absolute Gasteiger partial charge is 0.240 e. The summed E-state index contributed by atoms with van der Waals surface area (Å²) in [4.78, 5) is 9.88. The minimum atomic E-state index is 0.404. The van der Waals surface area contributed by atoms with Crippen molar-refractivity contribution in [3.8, 4) is 0 Å². The van der Waals surface area contributed by atoms with Gasteiger partial charge in [0.1, 0.15) is 12.1 Å². The molecule has 6 nitrogen and oxygen atoms in total. The van der Waals surface area contributed by atoms with E-state index in [4.69, 9.17) is 14.4 Å².